The summed E-state index contributed by atoms with van der Waals surface area (Å²) in [5, 5.41) is 9.79. The number of nitrogens with zero attached hydrogens (tertiary/aromatic N) is 1. The molecule has 20 heavy (non-hydrogen) atoms. The van der Waals surface area contributed by atoms with Gasteiger partial charge in [-0.25, -0.2) is 0 Å². The van der Waals surface area contributed by atoms with Crippen LogP contribution in [0.5, 0.6) is 5.75 Å². The van der Waals surface area contributed by atoms with Gasteiger partial charge in [-0.3, -0.25) is 9.69 Å². The van der Waals surface area contributed by atoms with Gasteiger partial charge in [0.25, 0.3) is 0 Å². The summed E-state index contributed by atoms with van der Waals surface area (Å²) in [5.74, 6) is -0.0284. The zero-order valence-corrected chi connectivity index (χ0v) is 12.2. The molecule has 1 aromatic rings. The predicted octanol–water partition coefficient (Wildman–Crippen LogP) is 3.05. The Kier molecular flexibility index (Phi) is 5.68. The van der Waals surface area contributed by atoms with Crippen molar-refractivity contribution in [2.24, 2.45) is 0 Å². The van der Waals surface area contributed by atoms with Crippen LogP contribution in [-0.4, -0.2) is 41.7 Å². The number of carboxylic acids is 1. The first-order valence-electron chi connectivity index (χ1n) is 7.02. The van der Waals surface area contributed by atoms with E-state index >= 15 is 0 Å². The average Bonchev–Trinajstić information content (AvgIpc) is 2.45. The second-order valence-electron chi connectivity index (χ2n) is 5.02. The van der Waals surface area contributed by atoms with Gasteiger partial charge in [0.05, 0.1) is 11.6 Å². The molecule has 0 saturated carbocycles. The van der Waals surface area contributed by atoms with Crippen molar-refractivity contribution in [2.45, 2.75) is 31.7 Å². The van der Waals surface area contributed by atoms with Crippen molar-refractivity contribution in [3.8, 4) is 5.75 Å². The molecule has 1 aliphatic heterocycles. The molecule has 110 valence electrons. The van der Waals surface area contributed by atoms with E-state index in [0.29, 0.717) is 17.4 Å². The van der Waals surface area contributed by atoms with Crippen LogP contribution in [0.3, 0.4) is 0 Å². The number of para-hydroxylation sites is 1. The van der Waals surface area contributed by atoms with Crippen LogP contribution < -0.4 is 4.74 Å². The summed E-state index contributed by atoms with van der Waals surface area (Å²) in [4.78, 5) is 13.2. The summed E-state index contributed by atoms with van der Waals surface area (Å²) in [6.45, 7) is 2.16. The lowest BCUT2D eigenvalue weighted by molar-refractivity contribution is -0.144. The number of ether oxygens (including phenoxy) is 1. The Morgan fingerprint density at radius 2 is 2.20 bits per heavy atom. The van der Waals surface area contributed by atoms with Gasteiger partial charge in [-0.05, 0) is 37.9 Å². The monoisotopic (exact) mass is 297 g/mol. The predicted molar refractivity (Wildman–Crippen MR) is 78.4 cm³/mol. The van der Waals surface area contributed by atoms with Crippen molar-refractivity contribution < 1.29 is 14.6 Å². The molecule has 1 heterocycles. The van der Waals surface area contributed by atoms with Crippen LogP contribution in [-0.2, 0) is 4.79 Å². The Labute approximate surface area is 124 Å². The van der Waals surface area contributed by atoms with Crippen molar-refractivity contribution in [2.75, 3.05) is 19.7 Å². The lowest BCUT2D eigenvalue weighted by atomic mass is 10.0. The lowest BCUT2D eigenvalue weighted by Gasteiger charge is -2.32. The minimum Gasteiger partial charge on any atom is -0.492 e. The van der Waals surface area contributed by atoms with Gasteiger partial charge in [-0.1, -0.05) is 30.2 Å². The summed E-state index contributed by atoms with van der Waals surface area (Å²) in [6, 6.07) is 7.04. The smallest absolute Gasteiger partial charge is 0.320 e. The highest BCUT2D eigenvalue weighted by Gasteiger charge is 2.27. The van der Waals surface area contributed by atoms with Gasteiger partial charge in [-0.2, -0.15) is 0 Å². The fraction of sp³-hybridized carbons (Fsp3) is 0.533. The molecular weight excluding hydrogens is 278 g/mol. The van der Waals surface area contributed by atoms with Gasteiger partial charge in [0.2, 0.25) is 0 Å². The summed E-state index contributed by atoms with van der Waals surface area (Å²) < 4.78 is 5.62. The first-order chi connectivity index (χ1) is 9.68. The topological polar surface area (TPSA) is 49.8 Å². The normalized spacial score (nSPS) is 19.8. The SMILES string of the molecule is O=C(O)C1CCCCN1CCCOc1ccccc1Cl. The number of aliphatic carboxylic acids is 1. The molecule has 1 unspecified atom stereocenters. The zero-order chi connectivity index (χ0) is 14.4. The summed E-state index contributed by atoms with van der Waals surface area (Å²) >= 11 is 6.00. The van der Waals surface area contributed by atoms with E-state index in [4.69, 9.17) is 16.3 Å². The van der Waals surface area contributed by atoms with Gasteiger partial charge >= 0.3 is 5.97 Å². The molecule has 0 aromatic heterocycles. The van der Waals surface area contributed by atoms with Crippen molar-refractivity contribution in [1.82, 2.24) is 4.90 Å². The van der Waals surface area contributed by atoms with Crippen LogP contribution in [0.25, 0.3) is 0 Å². The van der Waals surface area contributed by atoms with Gasteiger partial charge in [0.15, 0.2) is 0 Å². The van der Waals surface area contributed by atoms with Crippen LogP contribution in [0.15, 0.2) is 24.3 Å². The first-order valence-corrected chi connectivity index (χ1v) is 7.40. The van der Waals surface area contributed by atoms with Gasteiger partial charge in [-0.15, -0.1) is 0 Å². The number of piperidine rings is 1. The fourth-order valence-corrected chi connectivity index (χ4v) is 2.74. The maximum atomic E-state index is 11.2. The number of carboxylic acid groups (broad SMARTS) is 1. The van der Waals surface area contributed by atoms with E-state index in [2.05, 4.69) is 0 Å². The van der Waals surface area contributed by atoms with E-state index in [1.54, 1.807) is 6.07 Å². The molecule has 5 heteroatoms. The maximum Gasteiger partial charge on any atom is 0.320 e. The first kappa shape index (κ1) is 15.1. The molecule has 1 saturated heterocycles. The van der Waals surface area contributed by atoms with Gasteiger partial charge in [0.1, 0.15) is 11.8 Å². The number of rotatable bonds is 6. The standard InChI is InChI=1S/C15H20ClNO3/c16-12-6-1-2-8-14(12)20-11-5-10-17-9-4-3-7-13(17)15(18)19/h1-2,6,8,13H,3-5,7,9-11H2,(H,18,19). The molecular formula is C15H20ClNO3. The molecule has 0 amide bonds. The van der Waals surface area contributed by atoms with Crippen LogP contribution in [0.1, 0.15) is 25.7 Å². The molecule has 0 radical (unpaired) electrons. The van der Waals surface area contributed by atoms with E-state index in [1.807, 2.05) is 23.1 Å². The molecule has 1 aliphatic rings. The van der Waals surface area contributed by atoms with Crippen molar-refractivity contribution in [1.29, 1.82) is 0 Å². The van der Waals surface area contributed by atoms with E-state index in [0.717, 1.165) is 38.8 Å². The number of hydrogen-bond acceptors (Lipinski definition) is 3. The number of hydrogen-bond donors (Lipinski definition) is 1. The molecule has 1 atom stereocenters. The molecule has 4 nitrogen and oxygen atoms in total. The van der Waals surface area contributed by atoms with E-state index in [1.165, 1.54) is 0 Å². The summed E-state index contributed by atoms with van der Waals surface area (Å²) in [7, 11) is 0. The largest absolute Gasteiger partial charge is 0.492 e. The van der Waals surface area contributed by atoms with Crippen molar-refractivity contribution in [3.63, 3.8) is 0 Å². The van der Waals surface area contributed by atoms with Crippen LogP contribution in [0, 0.1) is 0 Å². The number of halogens is 1. The third-order valence-corrected chi connectivity index (χ3v) is 3.89. The summed E-state index contributed by atoms with van der Waals surface area (Å²) in [5.41, 5.74) is 0. The number of likely N-dealkylation sites (tertiary alicyclic amines) is 1. The minimum atomic E-state index is -0.711. The Hall–Kier alpha value is -1.26. The second kappa shape index (κ2) is 7.50. The number of carbonyl (C=O) groups is 1. The number of benzene rings is 1. The molecule has 0 spiro atoms. The van der Waals surface area contributed by atoms with Crippen LogP contribution >= 0.6 is 11.6 Å². The molecule has 0 aliphatic carbocycles. The minimum absolute atomic E-state index is 0.330. The van der Waals surface area contributed by atoms with E-state index in [-0.39, 0.29) is 6.04 Å². The van der Waals surface area contributed by atoms with Gasteiger partial charge < -0.3 is 9.84 Å². The maximum absolute atomic E-state index is 11.2. The van der Waals surface area contributed by atoms with Crippen molar-refractivity contribution in [3.05, 3.63) is 29.3 Å². The average molecular weight is 298 g/mol. The Balaban J connectivity index is 1.75. The second-order valence-corrected chi connectivity index (χ2v) is 5.43. The third kappa shape index (κ3) is 4.12. The van der Waals surface area contributed by atoms with Crippen molar-refractivity contribution >= 4 is 17.6 Å². The van der Waals surface area contributed by atoms with E-state index in [9.17, 15) is 9.90 Å². The fourth-order valence-electron chi connectivity index (χ4n) is 2.55. The Bertz CT molecular complexity index is 452. The molecule has 1 aromatic carbocycles. The third-order valence-electron chi connectivity index (χ3n) is 3.58. The van der Waals surface area contributed by atoms with E-state index < -0.39 is 5.97 Å². The summed E-state index contributed by atoms with van der Waals surface area (Å²) in [6.07, 6.45) is 3.63. The molecule has 1 fully saturated rings. The highest BCUT2D eigenvalue weighted by molar-refractivity contribution is 6.32. The quantitative estimate of drug-likeness (QED) is 0.820. The van der Waals surface area contributed by atoms with Gasteiger partial charge in [0, 0.05) is 6.54 Å². The van der Waals surface area contributed by atoms with Crippen LogP contribution in [0.2, 0.25) is 5.02 Å². The Morgan fingerprint density at radius 3 is 2.95 bits per heavy atom. The molecule has 1 N–H and O–H groups in total. The highest BCUT2D eigenvalue weighted by Crippen LogP contribution is 2.23. The highest BCUT2D eigenvalue weighted by atomic mass is 35.5. The zero-order valence-electron chi connectivity index (χ0n) is 11.4. The lowest BCUT2D eigenvalue weighted by Crippen LogP contribution is -2.45. The Morgan fingerprint density at radius 1 is 1.40 bits per heavy atom. The molecule has 0 bridgehead atoms. The molecule has 2 rings (SSSR count). The van der Waals surface area contributed by atoms with Crippen LogP contribution in [0.4, 0.5) is 0 Å².